The fourth-order valence-corrected chi connectivity index (χ4v) is 3.12. The van der Waals surface area contributed by atoms with Crippen LogP contribution in [0.3, 0.4) is 0 Å². The topological polar surface area (TPSA) is 66.4 Å². The molecule has 2 rings (SSSR count). The number of carbonyl (C=O) groups is 2. The van der Waals surface area contributed by atoms with E-state index in [1.54, 1.807) is 0 Å². The van der Waals surface area contributed by atoms with Gasteiger partial charge in [0.1, 0.15) is 5.54 Å². The number of benzene rings is 1. The first-order chi connectivity index (χ1) is 9.02. The Balaban J connectivity index is 2.02. The number of carboxylic acids is 1. The summed E-state index contributed by atoms with van der Waals surface area (Å²) in [6.45, 7) is 0. The molecular formula is C14H16INO3. The molecule has 0 unspecified atom stereocenters. The third-order valence-corrected chi connectivity index (χ3v) is 4.17. The summed E-state index contributed by atoms with van der Waals surface area (Å²) in [5.74, 6) is -1.13. The molecule has 102 valence electrons. The molecule has 1 aromatic carbocycles. The van der Waals surface area contributed by atoms with Crippen molar-refractivity contribution in [1.82, 2.24) is 5.32 Å². The van der Waals surface area contributed by atoms with Crippen LogP contribution in [0, 0.1) is 3.57 Å². The number of hydrogen-bond donors (Lipinski definition) is 2. The molecule has 0 saturated heterocycles. The van der Waals surface area contributed by atoms with Crippen molar-refractivity contribution in [2.75, 3.05) is 0 Å². The Morgan fingerprint density at radius 3 is 2.58 bits per heavy atom. The number of halogens is 1. The highest BCUT2D eigenvalue weighted by Crippen LogP contribution is 2.30. The van der Waals surface area contributed by atoms with Crippen LogP contribution in [0.1, 0.15) is 31.2 Å². The second kappa shape index (κ2) is 5.90. The van der Waals surface area contributed by atoms with Gasteiger partial charge in [-0.3, -0.25) is 4.79 Å². The molecule has 1 fully saturated rings. The molecule has 0 spiro atoms. The van der Waals surface area contributed by atoms with Crippen LogP contribution in [-0.2, 0) is 16.0 Å². The zero-order valence-corrected chi connectivity index (χ0v) is 12.6. The highest BCUT2D eigenvalue weighted by molar-refractivity contribution is 14.1. The number of amides is 1. The van der Waals surface area contributed by atoms with E-state index in [4.69, 9.17) is 0 Å². The third kappa shape index (κ3) is 3.46. The van der Waals surface area contributed by atoms with Crippen LogP contribution in [0.4, 0.5) is 0 Å². The summed E-state index contributed by atoms with van der Waals surface area (Å²) in [5.41, 5.74) is -0.137. The SMILES string of the molecule is O=C(Cc1cccc(I)c1)NC1(C(=O)O)CCCC1. The fourth-order valence-electron chi connectivity index (χ4n) is 2.51. The first-order valence-corrected chi connectivity index (χ1v) is 7.39. The van der Waals surface area contributed by atoms with Gasteiger partial charge in [0.25, 0.3) is 0 Å². The minimum atomic E-state index is -1.04. The van der Waals surface area contributed by atoms with Crippen LogP contribution < -0.4 is 5.32 Å². The molecule has 0 radical (unpaired) electrons. The second-order valence-electron chi connectivity index (χ2n) is 4.95. The zero-order valence-electron chi connectivity index (χ0n) is 10.5. The lowest BCUT2D eigenvalue weighted by Gasteiger charge is -2.25. The lowest BCUT2D eigenvalue weighted by atomic mass is 9.97. The molecule has 1 saturated carbocycles. The summed E-state index contributed by atoms with van der Waals surface area (Å²) in [7, 11) is 0. The zero-order chi connectivity index (χ0) is 13.9. The van der Waals surface area contributed by atoms with Crippen molar-refractivity contribution in [3.63, 3.8) is 0 Å². The summed E-state index contributed by atoms with van der Waals surface area (Å²) in [5, 5.41) is 12.0. The summed E-state index contributed by atoms with van der Waals surface area (Å²) in [6.07, 6.45) is 3.00. The van der Waals surface area contributed by atoms with Crippen molar-refractivity contribution in [3.05, 3.63) is 33.4 Å². The molecule has 0 aliphatic heterocycles. The van der Waals surface area contributed by atoms with Gasteiger partial charge < -0.3 is 10.4 Å². The molecule has 19 heavy (non-hydrogen) atoms. The van der Waals surface area contributed by atoms with Crippen molar-refractivity contribution >= 4 is 34.5 Å². The second-order valence-corrected chi connectivity index (χ2v) is 6.19. The van der Waals surface area contributed by atoms with Crippen molar-refractivity contribution in [1.29, 1.82) is 0 Å². The van der Waals surface area contributed by atoms with Crippen LogP contribution in [0.2, 0.25) is 0 Å². The number of rotatable bonds is 4. The smallest absolute Gasteiger partial charge is 0.329 e. The van der Waals surface area contributed by atoms with Gasteiger partial charge in [-0.05, 0) is 53.1 Å². The first kappa shape index (κ1) is 14.3. The normalized spacial score (nSPS) is 17.1. The maximum Gasteiger partial charge on any atom is 0.329 e. The Kier molecular flexibility index (Phi) is 4.44. The standard InChI is InChI=1S/C14H16INO3/c15-11-5-3-4-10(8-11)9-12(17)16-14(13(18)19)6-1-2-7-14/h3-5,8H,1-2,6-7,9H2,(H,16,17)(H,18,19). The van der Waals surface area contributed by atoms with Gasteiger partial charge in [-0.15, -0.1) is 0 Å². The van der Waals surface area contributed by atoms with Crippen LogP contribution in [0.15, 0.2) is 24.3 Å². The van der Waals surface area contributed by atoms with Crippen molar-refractivity contribution in [2.24, 2.45) is 0 Å². The molecular weight excluding hydrogens is 357 g/mol. The summed E-state index contributed by atoms with van der Waals surface area (Å²) >= 11 is 2.19. The van der Waals surface area contributed by atoms with Gasteiger partial charge in [-0.2, -0.15) is 0 Å². The van der Waals surface area contributed by atoms with Crippen LogP contribution in [0.5, 0.6) is 0 Å². The van der Waals surface area contributed by atoms with E-state index in [1.165, 1.54) is 0 Å². The first-order valence-electron chi connectivity index (χ1n) is 6.31. The van der Waals surface area contributed by atoms with Crippen LogP contribution >= 0.6 is 22.6 Å². The third-order valence-electron chi connectivity index (χ3n) is 3.50. The maximum absolute atomic E-state index is 12.0. The van der Waals surface area contributed by atoms with Crippen molar-refractivity contribution in [2.45, 2.75) is 37.6 Å². The Morgan fingerprint density at radius 1 is 1.32 bits per heavy atom. The average molecular weight is 373 g/mol. The molecule has 0 bridgehead atoms. The van der Waals surface area contributed by atoms with E-state index in [1.807, 2.05) is 24.3 Å². The Morgan fingerprint density at radius 2 is 2.00 bits per heavy atom. The molecule has 5 heteroatoms. The van der Waals surface area contributed by atoms with E-state index in [2.05, 4.69) is 27.9 Å². The largest absolute Gasteiger partial charge is 0.480 e. The van der Waals surface area contributed by atoms with Gasteiger partial charge in [0.2, 0.25) is 5.91 Å². The van der Waals surface area contributed by atoms with Crippen molar-refractivity contribution in [3.8, 4) is 0 Å². The molecule has 1 aliphatic carbocycles. The molecule has 2 N–H and O–H groups in total. The Hall–Kier alpha value is -1.11. The predicted molar refractivity (Wildman–Crippen MR) is 79.8 cm³/mol. The van der Waals surface area contributed by atoms with Crippen LogP contribution in [-0.4, -0.2) is 22.5 Å². The molecule has 1 aliphatic rings. The van der Waals surface area contributed by atoms with Gasteiger partial charge in [-0.1, -0.05) is 25.0 Å². The van der Waals surface area contributed by atoms with Gasteiger partial charge >= 0.3 is 5.97 Å². The Labute approximate surface area is 125 Å². The summed E-state index contributed by atoms with van der Waals surface area (Å²) in [4.78, 5) is 23.4. The monoisotopic (exact) mass is 373 g/mol. The quantitative estimate of drug-likeness (QED) is 0.797. The summed E-state index contributed by atoms with van der Waals surface area (Å²) in [6, 6.07) is 7.66. The Bertz CT molecular complexity index is 495. The maximum atomic E-state index is 12.0. The molecule has 1 aromatic rings. The van der Waals surface area contributed by atoms with E-state index in [0.29, 0.717) is 12.8 Å². The van der Waals surface area contributed by atoms with Crippen molar-refractivity contribution < 1.29 is 14.7 Å². The van der Waals surface area contributed by atoms with Gasteiger partial charge in [0.15, 0.2) is 0 Å². The number of carbonyl (C=O) groups excluding carboxylic acids is 1. The molecule has 1 amide bonds. The van der Waals surface area contributed by atoms with Crippen LogP contribution in [0.25, 0.3) is 0 Å². The lowest BCUT2D eigenvalue weighted by Crippen LogP contribution is -2.52. The molecule has 0 heterocycles. The highest BCUT2D eigenvalue weighted by atomic mass is 127. The minimum absolute atomic E-state index is 0.216. The number of hydrogen-bond acceptors (Lipinski definition) is 2. The molecule has 4 nitrogen and oxygen atoms in total. The van der Waals surface area contributed by atoms with Gasteiger partial charge in [0.05, 0.1) is 6.42 Å². The predicted octanol–water partition coefficient (Wildman–Crippen LogP) is 2.35. The number of nitrogens with one attached hydrogen (secondary N) is 1. The molecule has 0 aromatic heterocycles. The van der Waals surface area contributed by atoms with Gasteiger partial charge in [-0.25, -0.2) is 4.79 Å². The highest BCUT2D eigenvalue weighted by Gasteiger charge is 2.42. The van der Waals surface area contributed by atoms with E-state index < -0.39 is 11.5 Å². The average Bonchev–Trinajstić information content (AvgIpc) is 2.78. The van der Waals surface area contributed by atoms with E-state index in [-0.39, 0.29) is 12.3 Å². The number of carboxylic acid groups (broad SMARTS) is 1. The van der Waals surface area contributed by atoms with Gasteiger partial charge in [0, 0.05) is 3.57 Å². The minimum Gasteiger partial charge on any atom is -0.480 e. The molecule has 0 atom stereocenters. The van der Waals surface area contributed by atoms with E-state index in [9.17, 15) is 14.7 Å². The lowest BCUT2D eigenvalue weighted by molar-refractivity contribution is -0.147. The summed E-state index contributed by atoms with van der Waals surface area (Å²) < 4.78 is 1.07. The van der Waals surface area contributed by atoms with E-state index in [0.717, 1.165) is 22.0 Å². The van der Waals surface area contributed by atoms with E-state index >= 15 is 0 Å². The number of aliphatic carboxylic acids is 1. The fraction of sp³-hybridized carbons (Fsp3) is 0.429.